The Hall–Kier alpha value is -1.59. The Kier molecular flexibility index (Phi) is 4.72. The Morgan fingerprint density at radius 1 is 1.25 bits per heavy atom. The zero-order valence-electron chi connectivity index (χ0n) is 13.7. The summed E-state index contributed by atoms with van der Waals surface area (Å²) >= 11 is 1.59. The van der Waals surface area contributed by atoms with Gasteiger partial charge in [-0.3, -0.25) is 0 Å². The maximum Gasteiger partial charge on any atom is 0.274 e. The number of ether oxygens (including phenoxy) is 1. The number of allylic oxidation sites excluding steroid dienone is 3. The van der Waals surface area contributed by atoms with Gasteiger partial charge < -0.3 is 9.64 Å². The number of aromatic nitrogens is 1. The van der Waals surface area contributed by atoms with E-state index in [4.69, 9.17) is 12.6 Å². The topological polar surface area (TPSA) is 25.4 Å². The van der Waals surface area contributed by atoms with Crippen molar-refractivity contribution in [3.8, 4) is 5.19 Å². The number of hydrogen-bond donors (Lipinski definition) is 0. The molecule has 122 valence electrons. The second-order valence-corrected chi connectivity index (χ2v) is 7.63. The summed E-state index contributed by atoms with van der Waals surface area (Å²) in [6.07, 6.45) is 12.5. The number of fused-ring (bicyclic) bond motifs is 1. The molecule has 0 amide bonds. The van der Waals surface area contributed by atoms with Crippen molar-refractivity contribution >= 4 is 34.9 Å². The van der Waals surface area contributed by atoms with Crippen LogP contribution in [0.25, 0.3) is 10.2 Å². The fraction of sp³-hybridized carbons (Fsp3) is 0.421. The molecule has 0 spiro atoms. The molecule has 4 rings (SSSR count). The molecule has 1 unspecified atom stereocenters. The van der Waals surface area contributed by atoms with Crippen LogP contribution in [-0.4, -0.2) is 43.5 Å². The molecule has 2 radical (unpaired) electrons. The molecule has 0 saturated carbocycles. The van der Waals surface area contributed by atoms with Crippen molar-refractivity contribution in [2.75, 3.05) is 19.6 Å². The van der Waals surface area contributed by atoms with E-state index in [0.717, 1.165) is 53.3 Å². The number of rotatable bonds is 4. The Bertz CT molecular complexity index is 762. The SMILES string of the molecule is [B]c1ccc2nc(OC3CCN(CC4C=CC=CC4)CC3)sc2c1. The Balaban J connectivity index is 1.30. The minimum absolute atomic E-state index is 0.279. The van der Waals surface area contributed by atoms with Crippen LogP contribution in [0.5, 0.6) is 5.19 Å². The molecular formula is C19H21BN2OS. The standard InChI is InChI=1S/C19H21BN2OS/c20-15-6-7-17-18(12-15)24-19(21-17)23-16-8-10-22(11-9-16)13-14-4-2-1-3-5-14/h1-4,6-7,12,14,16H,5,8-11,13H2. The van der Waals surface area contributed by atoms with Crippen LogP contribution in [0.1, 0.15) is 19.3 Å². The first-order chi connectivity index (χ1) is 11.8. The van der Waals surface area contributed by atoms with E-state index in [0.29, 0.717) is 5.92 Å². The predicted molar refractivity (Wildman–Crippen MR) is 101 cm³/mol. The third-order valence-electron chi connectivity index (χ3n) is 4.76. The van der Waals surface area contributed by atoms with Gasteiger partial charge in [-0.05, 0) is 37.3 Å². The van der Waals surface area contributed by atoms with E-state index in [-0.39, 0.29) is 6.10 Å². The zero-order valence-corrected chi connectivity index (χ0v) is 14.5. The summed E-state index contributed by atoms with van der Waals surface area (Å²) in [4.78, 5) is 7.13. The number of hydrogen-bond acceptors (Lipinski definition) is 4. The van der Waals surface area contributed by atoms with Gasteiger partial charge in [0.2, 0.25) is 0 Å². The Labute approximate surface area is 148 Å². The second kappa shape index (κ2) is 7.12. The quantitative estimate of drug-likeness (QED) is 0.803. The van der Waals surface area contributed by atoms with Crippen molar-refractivity contribution in [3.05, 3.63) is 42.5 Å². The van der Waals surface area contributed by atoms with Gasteiger partial charge in [0, 0.05) is 19.6 Å². The summed E-state index contributed by atoms with van der Waals surface area (Å²) in [7, 11) is 5.83. The lowest BCUT2D eigenvalue weighted by Gasteiger charge is -2.33. The van der Waals surface area contributed by atoms with E-state index < -0.39 is 0 Å². The molecule has 1 atom stereocenters. The van der Waals surface area contributed by atoms with Gasteiger partial charge in [-0.25, -0.2) is 4.98 Å². The maximum atomic E-state index is 6.13. The van der Waals surface area contributed by atoms with Crippen LogP contribution < -0.4 is 10.2 Å². The number of likely N-dealkylation sites (tertiary alicyclic amines) is 1. The molecule has 1 fully saturated rings. The maximum absolute atomic E-state index is 6.13. The molecule has 24 heavy (non-hydrogen) atoms. The van der Waals surface area contributed by atoms with Gasteiger partial charge in [-0.2, -0.15) is 0 Å². The summed E-state index contributed by atoms with van der Waals surface area (Å²) in [5.41, 5.74) is 1.75. The van der Waals surface area contributed by atoms with Crippen LogP contribution in [0.4, 0.5) is 0 Å². The second-order valence-electron chi connectivity index (χ2n) is 6.63. The first kappa shape index (κ1) is 15.9. The van der Waals surface area contributed by atoms with Gasteiger partial charge in [-0.15, -0.1) is 0 Å². The van der Waals surface area contributed by atoms with Gasteiger partial charge in [0.1, 0.15) is 14.0 Å². The summed E-state index contributed by atoms with van der Waals surface area (Å²) < 4.78 is 7.23. The molecule has 1 aliphatic heterocycles. The fourth-order valence-corrected chi connectivity index (χ4v) is 4.35. The van der Waals surface area contributed by atoms with Gasteiger partial charge in [0.05, 0.1) is 10.2 Å². The minimum Gasteiger partial charge on any atom is -0.467 e. The fourth-order valence-electron chi connectivity index (χ4n) is 3.42. The van der Waals surface area contributed by atoms with Crippen LogP contribution >= 0.6 is 11.3 Å². The van der Waals surface area contributed by atoms with Gasteiger partial charge in [0.25, 0.3) is 5.19 Å². The molecule has 0 bridgehead atoms. The average molecular weight is 336 g/mol. The van der Waals surface area contributed by atoms with E-state index in [2.05, 4.69) is 34.2 Å². The minimum atomic E-state index is 0.279. The first-order valence-electron chi connectivity index (χ1n) is 8.65. The first-order valence-corrected chi connectivity index (χ1v) is 9.46. The third-order valence-corrected chi connectivity index (χ3v) is 5.67. The molecule has 5 heteroatoms. The highest BCUT2D eigenvalue weighted by Crippen LogP contribution is 2.29. The summed E-state index contributed by atoms with van der Waals surface area (Å²) in [5.74, 6) is 0.669. The van der Waals surface area contributed by atoms with Crippen molar-refractivity contribution in [3.63, 3.8) is 0 Å². The highest BCUT2D eigenvalue weighted by Gasteiger charge is 2.23. The average Bonchev–Trinajstić information content (AvgIpc) is 2.99. The van der Waals surface area contributed by atoms with Crippen LogP contribution in [0, 0.1) is 5.92 Å². The molecule has 1 aliphatic carbocycles. The highest BCUT2D eigenvalue weighted by atomic mass is 32.1. The largest absolute Gasteiger partial charge is 0.467 e. The van der Waals surface area contributed by atoms with E-state index in [1.807, 2.05) is 18.2 Å². The van der Waals surface area contributed by atoms with E-state index >= 15 is 0 Å². The molecule has 2 heterocycles. The lowest BCUT2D eigenvalue weighted by Crippen LogP contribution is -2.40. The Morgan fingerprint density at radius 2 is 2.12 bits per heavy atom. The van der Waals surface area contributed by atoms with Gasteiger partial charge in [0.15, 0.2) is 0 Å². The predicted octanol–water partition coefficient (Wildman–Crippen LogP) is 3.07. The van der Waals surface area contributed by atoms with Crippen LogP contribution in [-0.2, 0) is 0 Å². The number of benzene rings is 1. The van der Waals surface area contributed by atoms with Crippen LogP contribution in [0.2, 0.25) is 0 Å². The normalized spacial score (nSPS) is 22.2. The lowest BCUT2D eigenvalue weighted by atomic mass is 9.97. The summed E-state index contributed by atoms with van der Waals surface area (Å²) in [6.45, 7) is 3.38. The monoisotopic (exact) mass is 336 g/mol. The van der Waals surface area contributed by atoms with Gasteiger partial charge >= 0.3 is 0 Å². The Morgan fingerprint density at radius 3 is 2.92 bits per heavy atom. The zero-order chi connectivity index (χ0) is 16.4. The van der Waals surface area contributed by atoms with Gasteiger partial charge in [-0.1, -0.05) is 47.2 Å². The van der Waals surface area contributed by atoms with E-state index in [1.165, 1.54) is 6.42 Å². The molecule has 2 aliphatic rings. The molecule has 1 aromatic carbocycles. The highest BCUT2D eigenvalue weighted by molar-refractivity contribution is 7.20. The van der Waals surface area contributed by atoms with Crippen molar-refractivity contribution in [2.45, 2.75) is 25.4 Å². The van der Waals surface area contributed by atoms with Crippen LogP contribution in [0.3, 0.4) is 0 Å². The third kappa shape index (κ3) is 3.73. The molecule has 1 saturated heterocycles. The molecule has 2 aromatic rings. The van der Waals surface area contributed by atoms with Crippen molar-refractivity contribution in [2.24, 2.45) is 5.92 Å². The molecule has 0 N–H and O–H groups in total. The van der Waals surface area contributed by atoms with Crippen molar-refractivity contribution in [1.29, 1.82) is 0 Å². The van der Waals surface area contributed by atoms with E-state index in [1.54, 1.807) is 11.3 Å². The molecular weight excluding hydrogens is 315 g/mol. The number of piperidine rings is 1. The summed E-state index contributed by atoms with van der Waals surface area (Å²) in [6, 6.07) is 5.82. The smallest absolute Gasteiger partial charge is 0.274 e. The summed E-state index contributed by atoms with van der Waals surface area (Å²) in [5, 5.41) is 0.773. The molecule has 1 aromatic heterocycles. The number of nitrogens with zero attached hydrogens (tertiary/aromatic N) is 2. The van der Waals surface area contributed by atoms with E-state index in [9.17, 15) is 0 Å². The molecule has 3 nitrogen and oxygen atoms in total. The van der Waals surface area contributed by atoms with Crippen molar-refractivity contribution < 1.29 is 4.74 Å². The lowest BCUT2D eigenvalue weighted by molar-refractivity contribution is 0.0949. The van der Waals surface area contributed by atoms with Crippen LogP contribution in [0.15, 0.2) is 42.5 Å². The van der Waals surface area contributed by atoms with Crippen molar-refractivity contribution in [1.82, 2.24) is 9.88 Å². The number of thiazole rings is 1.